The molecule has 2 aromatic rings. The molecular weight excluding hydrogens is 440 g/mol. The van der Waals surface area contributed by atoms with Crippen LogP contribution in [0.25, 0.3) is 11.4 Å². The van der Waals surface area contributed by atoms with Gasteiger partial charge in [0.15, 0.2) is 5.96 Å². The third kappa shape index (κ3) is 8.03. The van der Waals surface area contributed by atoms with E-state index in [1.807, 2.05) is 36.1 Å². The van der Waals surface area contributed by atoms with Crippen LogP contribution in [0.1, 0.15) is 82.6 Å². The Kier molecular flexibility index (Phi) is 11.2. The molecule has 1 saturated heterocycles. The van der Waals surface area contributed by atoms with Gasteiger partial charge in [0, 0.05) is 18.7 Å². The summed E-state index contributed by atoms with van der Waals surface area (Å²) in [5.74, 6) is 1.37. The van der Waals surface area contributed by atoms with E-state index in [9.17, 15) is 0 Å². The van der Waals surface area contributed by atoms with Crippen molar-refractivity contribution in [3.05, 3.63) is 35.7 Å². The van der Waals surface area contributed by atoms with Crippen LogP contribution in [0.2, 0.25) is 0 Å². The van der Waals surface area contributed by atoms with Crippen molar-refractivity contribution >= 4 is 24.1 Å². The number of nitrogens with zero attached hydrogens (tertiary/aromatic N) is 4. The van der Waals surface area contributed by atoms with E-state index in [1.165, 1.54) is 38.5 Å². The van der Waals surface area contributed by atoms with Crippen molar-refractivity contribution in [2.45, 2.75) is 71.1 Å². The molecule has 0 bridgehead atoms. The molecule has 1 fully saturated rings. The van der Waals surface area contributed by atoms with Crippen LogP contribution in [0, 0.1) is 5.41 Å². The van der Waals surface area contributed by atoms with Gasteiger partial charge in [0.2, 0.25) is 11.7 Å². The van der Waals surface area contributed by atoms with Crippen molar-refractivity contribution in [3.63, 3.8) is 0 Å². The largest absolute Gasteiger partial charge is 0.396 e. The maximum Gasteiger partial charge on any atom is 0.231 e. The molecular formula is C24H37ClN6O2. The number of aromatic nitrogens is 2. The average molecular weight is 477 g/mol. The number of unbranched alkanes of at least 4 members (excludes halogenated alkanes) is 6. The number of benzene rings is 1. The normalized spacial score (nSPS) is 16.0. The number of hydrogen-bond donors (Lipinski definition) is 2. The molecule has 0 saturated carbocycles. The third-order valence-corrected chi connectivity index (χ3v) is 5.92. The number of guanidine groups is 1. The Morgan fingerprint density at radius 3 is 2.55 bits per heavy atom. The minimum absolute atomic E-state index is 0. The molecule has 0 spiro atoms. The van der Waals surface area contributed by atoms with Gasteiger partial charge in [-0.2, -0.15) is 4.98 Å². The highest BCUT2D eigenvalue weighted by molar-refractivity contribution is 5.98. The Labute approximate surface area is 202 Å². The van der Waals surface area contributed by atoms with Crippen LogP contribution >= 0.6 is 12.4 Å². The first-order chi connectivity index (χ1) is 15.6. The van der Waals surface area contributed by atoms with Crippen molar-refractivity contribution < 1.29 is 9.36 Å². The predicted octanol–water partition coefficient (Wildman–Crippen LogP) is 5.33. The maximum atomic E-state index is 7.56. The van der Waals surface area contributed by atoms with Gasteiger partial charge in [-0.3, -0.25) is 5.41 Å². The molecule has 1 unspecified atom stereocenters. The van der Waals surface area contributed by atoms with Crippen molar-refractivity contribution in [2.75, 3.05) is 19.7 Å². The van der Waals surface area contributed by atoms with E-state index in [0.29, 0.717) is 24.9 Å². The zero-order valence-electron chi connectivity index (χ0n) is 19.8. The van der Waals surface area contributed by atoms with Crippen LogP contribution in [-0.4, -0.2) is 46.4 Å². The van der Waals surface area contributed by atoms with Gasteiger partial charge in [0.1, 0.15) is 6.61 Å². The van der Waals surface area contributed by atoms with Gasteiger partial charge in [0.05, 0.1) is 11.6 Å². The van der Waals surface area contributed by atoms with E-state index in [1.54, 1.807) is 0 Å². The first kappa shape index (κ1) is 26.6. The number of hydrogen-bond acceptors (Lipinski definition) is 6. The molecule has 9 heteroatoms. The summed E-state index contributed by atoms with van der Waals surface area (Å²) in [5.41, 5.74) is 8.31. The Balaban J connectivity index is 0.00000385. The Bertz CT molecular complexity index is 883. The molecule has 0 aliphatic carbocycles. The molecule has 1 aliphatic heterocycles. The molecule has 3 rings (SSSR count). The minimum atomic E-state index is 0. The lowest BCUT2D eigenvalue weighted by atomic mass is 10.1. The van der Waals surface area contributed by atoms with E-state index in [2.05, 4.69) is 22.2 Å². The van der Waals surface area contributed by atoms with Gasteiger partial charge >= 0.3 is 0 Å². The molecule has 1 aromatic heterocycles. The average Bonchev–Trinajstić information content (AvgIpc) is 3.48. The van der Waals surface area contributed by atoms with E-state index in [0.717, 1.165) is 36.2 Å². The summed E-state index contributed by atoms with van der Waals surface area (Å²) in [6.07, 6.45) is 9.68. The van der Waals surface area contributed by atoms with Crippen molar-refractivity contribution in [1.82, 2.24) is 15.0 Å². The van der Waals surface area contributed by atoms with E-state index in [-0.39, 0.29) is 24.3 Å². The molecule has 1 aromatic carbocycles. The van der Waals surface area contributed by atoms with Crippen LogP contribution in [0.5, 0.6) is 0 Å². The zero-order chi connectivity index (χ0) is 22.8. The van der Waals surface area contributed by atoms with Crippen LogP contribution in [0.3, 0.4) is 0 Å². The van der Waals surface area contributed by atoms with Gasteiger partial charge in [-0.15, -0.1) is 12.4 Å². The lowest BCUT2D eigenvalue weighted by Gasteiger charge is -2.14. The second kappa shape index (κ2) is 13.8. The zero-order valence-corrected chi connectivity index (χ0v) is 20.6. The number of likely N-dealkylation sites (tertiary alicyclic amines) is 1. The molecule has 182 valence electrons. The summed E-state index contributed by atoms with van der Waals surface area (Å²) < 4.78 is 5.48. The summed E-state index contributed by atoms with van der Waals surface area (Å²) in [4.78, 5) is 11.9. The van der Waals surface area contributed by atoms with Crippen LogP contribution in [0.15, 0.2) is 33.9 Å². The Morgan fingerprint density at radius 1 is 1.18 bits per heavy atom. The lowest BCUT2D eigenvalue weighted by molar-refractivity contribution is 0.139. The molecule has 33 heavy (non-hydrogen) atoms. The molecule has 8 nitrogen and oxygen atoms in total. The van der Waals surface area contributed by atoms with E-state index < -0.39 is 0 Å². The summed E-state index contributed by atoms with van der Waals surface area (Å²) in [6.45, 7) is 6.24. The minimum Gasteiger partial charge on any atom is -0.396 e. The predicted molar refractivity (Wildman–Crippen MR) is 134 cm³/mol. The maximum absolute atomic E-state index is 7.56. The van der Waals surface area contributed by atoms with Gasteiger partial charge in [-0.25, -0.2) is 0 Å². The van der Waals surface area contributed by atoms with Crippen LogP contribution in [-0.2, 0) is 4.84 Å². The number of oxime groups is 1. The molecule has 3 N–H and O–H groups in total. The summed E-state index contributed by atoms with van der Waals surface area (Å²) in [7, 11) is 0. The summed E-state index contributed by atoms with van der Waals surface area (Å²) >= 11 is 0. The fourth-order valence-electron chi connectivity index (χ4n) is 3.88. The fourth-order valence-corrected chi connectivity index (χ4v) is 3.88. The summed E-state index contributed by atoms with van der Waals surface area (Å²) in [5, 5.41) is 15.9. The highest BCUT2D eigenvalue weighted by Crippen LogP contribution is 2.27. The molecule has 0 radical (unpaired) electrons. The summed E-state index contributed by atoms with van der Waals surface area (Å²) in [6, 6.07) is 7.92. The SMILES string of the molecule is CCCCCCCCCON=C(C)c1ccc(-c2noc(C3CCN(C(=N)N)C3)n2)cc1.Cl. The fraction of sp³-hybridized carbons (Fsp3) is 0.583. The number of nitrogens with one attached hydrogen (secondary N) is 1. The second-order valence-electron chi connectivity index (χ2n) is 8.48. The van der Waals surface area contributed by atoms with E-state index >= 15 is 0 Å². The highest BCUT2D eigenvalue weighted by atomic mass is 35.5. The first-order valence-corrected chi connectivity index (χ1v) is 11.8. The van der Waals surface area contributed by atoms with Crippen molar-refractivity contribution in [3.8, 4) is 11.4 Å². The van der Waals surface area contributed by atoms with Crippen LogP contribution in [0.4, 0.5) is 0 Å². The number of rotatable bonds is 12. The van der Waals surface area contributed by atoms with Gasteiger partial charge in [-0.05, 0) is 31.7 Å². The second-order valence-corrected chi connectivity index (χ2v) is 8.48. The third-order valence-electron chi connectivity index (χ3n) is 5.92. The quantitative estimate of drug-likeness (QED) is 0.185. The van der Waals surface area contributed by atoms with Gasteiger partial charge in [-0.1, -0.05) is 73.6 Å². The topological polar surface area (TPSA) is 114 Å². The number of halogens is 1. The molecule has 2 heterocycles. The van der Waals surface area contributed by atoms with Gasteiger partial charge in [0.25, 0.3) is 0 Å². The molecule has 0 amide bonds. The Hall–Kier alpha value is -2.61. The molecule has 1 aliphatic rings. The molecule has 1 atom stereocenters. The lowest BCUT2D eigenvalue weighted by Crippen LogP contribution is -2.34. The van der Waals surface area contributed by atoms with Crippen molar-refractivity contribution in [2.24, 2.45) is 10.9 Å². The van der Waals surface area contributed by atoms with E-state index in [4.69, 9.17) is 20.5 Å². The Morgan fingerprint density at radius 2 is 1.88 bits per heavy atom. The first-order valence-electron chi connectivity index (χ1n) is 11.8. The smallest absolute Gasteiger partial charge is 0.231 e. The number of nitrogens with two attached hydrogens (primary N) is 1. The standard InChI is InChI=1S/C24H36N6O2.ClH/c1-3-4-5-6-7-8-9-16-31-28-18(2)19-10-12-20(13-11-19)22-27-23(32-29-22)21-14-15-30(17-21)24(25)26;/h10-13,21H,3-9,14-17H2,1-2H3,(H3,25,26);1H. The van der Waals surface area contributed by atoms with Crippen molar-refractivity contribution in [1.29, 1.82) is 5.41 Å². The van der Waals surface area contributed by atoms with Crippen LogP contribution < -0.4 is 5.73 Å². The monoisotopic (exact) mass is 476 g/mol. The van der Waals surface area contributed by atoms with Gasteiger partial charge < -0.3 is 20.0 Å². The highest BCUT2D eigenvalue weighted by Gasteiger charge is 2.29.